The fourth-order valence-corrected chi connectivity index (χ4v) is 3.97. The van der Waals surface area contributed by atoms with Gasteiger partial charge in [0.05, 0.1) is 24.9 Å². The van der Waals surface area contributed by atoms with Crippen LogP contribution in [-0.2, 0) is 23.8 Å². The lowest BCUT2D eigenvalue weighted by molar-refractivity contribution is -0.146. The molecule has 12 heteroatoms. The van der Waals surface area contributed by atoms with Crippen molar-refractivity contribution in [2.24, 2.45) is 0 Å². The minimum absolute atomic E-state index is 0.0142. The van der Waals surface area contributed by atoms with E-state index in [0.29, 0.717) is 4.52 Å². The van der Waals surface area contributed by atoms with Crippen molar-refractivity contribution >= 4 is 11.5 Å². The number of hydrogen-bond acceptors (Lipinski definition) is 7. The SMILES string of the molecule is O=c1cc2c(nn1C1COCC1Nc1ccc3nnc(C(F)(F)F)n3n1)CCCC2. The average molecular weight is 421 g/mol. The number of ether oxygens (including phenoxy) is 1. The topological polar surface area (TPSA) is 99.2 Å². The summed E-state index contributed by atoms with van der Waals surface area (Å²) in [6.07, 6.45) is -0.916. The van der Waals surface area contributed by atoms with Gasteiger partial charge in [0.25, 0.3) is 11.4 Å². The van der Waals surface area contributed by atoms with E-state index in [1.165, 1.54) is 16.8 Å². The number of nitrogens with one attached hydrogen (secondary N) is 1. The molecule has 0 saturated carbocycles. The number of fused-ring (bicyclic) bond motifs is 2. The molecule has 3 aromatic rings. The van der Waals surface area contributed by atoms with Crippen LogP contribution < -0.4 is 10.9 Å². The average Bonchev–Trinajstić information content (AvgIpc) is 3.34. The molecule has 30 heavy (non-hydrogen) atoms. The largest absolute Gasteiger partial charge is 0.453 e. The maximum Gasteiger partial charge on any atom is 0.453 e. The first-order valence-corrected chi connectivity index (χ1v) is 9.66. The predicted octanol–water partition coefficient (Wildman–Crippen LogP) is 1.63. The van der Waals surface area contributed by atoms with E-state index < -0.39 is 18.0 Å². The van der Waals surface area contributed by atoms with Gasteiger partial charge in [-0.05, 0) is 43.4 Å². The lowest BCUT2D eigenvalue weighted by Gasteiger charge is -2.23. The Morgan fingerprint density at radius 2 is 1.93 bits per heavy atom. The zero-order valence-corrected chi connectivity index (χ0v) is 15.8. The maximum atomic E-state index is 13.1. The van der Waals surface area contributed by atoms with Gasteiger partial charge in [-0.3, -0.25) is 4.79 Å². The molecule has 158 valence electrons. The Bertz CT molecular complexity index is 1160. The summed E-state index contributed by atoms with van der Waals surface area (Å²) in [5.74, 6) is -1.01. The summed E-state index contributed by atoms with van der Waals surface area (Å²) >= 11 is 0. The van der Waals surface area contributed by atoms with Crippen LogP contribution in [0.1, 0.15) is 36.0 Å². The number of hydrogen-bond donors (Lipinski definition) is 1. The van der Waals surface area contributed by atoms with Crippen LogP contribution in [0.4, 0.5) is 19.0 Å². The minimum Gasteiger partial charge on any atom is -0.377 e. The first-order chi connectivity index (χ1) is 14.4. The van der Waals surface area contributed by atoms with Crippen molar-refractivity contribution in [1.29, 1.82) is 0 Å². The second-order valence-electron chi connectivity index (χ2n) is 7.47. The summed E-state index contributed by atoms with van der Waals surface area (Å²) in [7, 11) is 0. The molecule has 0 amide bonds. The third kappa shape index (κ3) is 3.30. The number of rotatable bonds is 3. The Morgan fingerprint density at radius 3 is 2.77 bits per heavy atom. The highest BCUT2D eigenvalue weighted by Crippen LogP contribution is 2.28. The van der Waals surface area contributed by atoms with E-state index in [1.54, 1.807) is 6.07 Å². The summed E-state index contributed by atoms with van der Waals surface area (Å²) in [5, 5.41) is 18.3. The fraction of sp³-hybridized carbons (Fsp3) is 0.500. The minimum atomic E-state index is -4.68. The fourth-order valence-electron chi connectivity index (χ4n) is 3.97. The second-order valence-corrected chi connectivity index (χ2v) is 7.47. The van der Waals surface area contributed by atoms with Crippen LogP contribution in [-0.4, -0.2) is 48.8 Å². The summed E-state index contributed by atoms with van der Waals surface area (Å²) in [4.78, 5) is 12.6. The molecule has 4 heterocycles. The molecular weight excluding hydrogens is 403 g/mol. The third-order valence-corrected chi connectivity index (χ3v) is 5.45. The van der Waals surface area contributed by atoms with Crippen LogP contribution >= 0.6 is 0 Å². The molecule has 2 unspecified atom stereocenters. The summed E-state index contributed by atoms with van der Waals surface area (Å²) in [6.45, 7) is 0.538. The van der Waals surface area contributed by atoms with Gasteiger partial charge in [-0.15, -0.1) is 15.3 Å². The number of alkyl halides is 3. The van der Waals surface area contributed by atoms with Gasteiger partial charge >= 0.3 is 6.18 Å². The van der Waals surface area contributed by atoms with Crippen LogP contribution in [0.3, 0.4) is 0 Å². The van der Waals surface area contributed by atoms with Gasteiger partial charge in [-0.1, -0.05) is 0 Å². The Hall–Kier alpha value is -3.02. The quantitative estimate of drug-likeness (QED) is 0.686. The number of nitrogens with zero attached hydrogens (tertiary/aromatic N) is 6. The van der Waals surface area contributed by atoms with E-state index in [9.17, 15) is 18.0 Å². The number of aryl methyl sites for hydroxylation is 2. The molecule has 1 aliphatic heterocycles. The van der Waals surface area contributed by atoms with Crippen molar-refractivity contribution in [3.63, 3.8) is 0 Å². The molecule has 2 aliphatic rings. The molecule has 1 saturated heterocycles. The molecule has 1 N–H and O–H groups in total. The Labute approximate surface area is 167 Å². The van der Waals surface area contributed by atoms with Gasteiger partial charge in [0.15, 0.2) is 5.65 Å². The van der Waals surface area contributed by atoms with Crippen LogP contribution in [0.15, 0.2) is 23.0 Å². The molecular formula is C18H18F3N7O2. The summed E-state index contributed by atoms with van der Waals surface area (Å²) in [5.41, 5.74) is 1.69. The van der Waals surface area contributed by atoms with Crippen LogP contribution in [0.2, 0.25) is 0 Å². The normalized spacial score (nSPS) is 21.7. The van der Waals surface area contributed by atoms with Gasteiger partial charge in [-0.25, -0.2) is 4.68 Å². The third-order valence-electron chi connectivity index (χ3n) is 5.45. The van der Waals surface area contributed by atoms with E-state index in [0.717, 1.165) is 36.9 Å². The molecule has 3 aromatic heterocycles. The monoisotopic (exact) mass is 421 g/mol. The maximum absolute atomic E-state index is 13.1. The number of anilines is 1. The molecule has 0 spiro atoms. The van der Waals surface area contributed by atoms with Gasteiger partial charge in [0, 0.05) is 6.07 Å². The van der Waals surface area contributed by atoms with E-state index in [2.05, 4.69) is 25.7 Å². The highest BCUT2D eigenvalue weighted by Gasteiger charge is 2.38. The molecule has 0 bridgehead atoms. The van der Waals surface area contributed by atoms with E-state index in [4.69, 9.17) is 4.74 Å². The van der Waals surface area contributed by atoms with E-state index in [-0.39, 0.29) is 36.3 Å². The van der Waals surface area contributed by atoms with Crippen LogP contribution in [0, 0.1) is 0 Å². The molecule has 1 aliphatic carbocycles. The molecule has 0 aromatic carbocycles. The number of aromatic nitrogens is 6. The van der Waals surface area contributed by atoms with Crippen molar-refractivity contribution in [2.75, 3.05) is 18.5 Å². The zero-order chi connectivity index (χ0) is 20.9. The van der Waals surface area contributed by atoms with Crippen molar-refractivity contribution in [1.82, 2.24) is 29.6 Å². The highest BCUT2D eigenvalue weighted by atomic mass is 19.4. The molecule has 2 atom stereocenters. The summed E-state index contributed by atoms with van der Waals surface area (Å²) < 4.78 is 46.9. The second kappa shape index (κ2) is 7.04. The summed E-state index contributed by atoms with van der Waals surface area (Å²) in [6, 6.07) is 3.76. The first-order valence-electron chi connectivity index (χ1n) is 9.66. The van der Waals surface area contributed by atoms with Crippen molar-refractivity contribution in [2.45, 2.75) is 43.9 Å². The van der Waals surface area contributed by atoms with Gasteiger partial charge in [0.1, 0.15) is 11.9 Å². The van der Waals surface area contributed by atoms with Crippen molar-refractivity contribution in [3.05, 3.63) is 45.6 Å². The highest BCUT2D eigenvalue weighted by molar-refractivity contribution is 5.45. The zero-order valence-electron chi connectivity index (χ0n) is 15.8. The smallest absolute Gasteiger partial charge is 0.377 e. The Morgan fingerprint density at radius 1 is 1.10 bits per heavy atom. The van der Waals surface area contributed by atoms with Gasteiger partial charge in [0.2, 0.25) is 0 Å². The molecule has 0 radical (unpaired) electrons. The van der Waals surface area contributed by atoms with E-state index in [1.807, 2.05) is 0 Å². The van der Waals surface area contributed by atoms with Gasteiger partial charge in [-0.2, -0.15) is 22.8 Å². The van der Waals surface area contributed by atoms with Crippen LogP contribution in [0.5, 0.6) is 0 Å². The predicted molar refractivity (Wildman–Crippen MR) is 98.2 cm³/mol. The van der Waals surface area contributed by atoms with Crippen LogP contribution in [0.25, 0.3) is 5.65 Å². The van der Waals surface area contributed by atoms with E-state index >= 15 is 0 Å². The Kier molecular flexibility index (Phi) is 4.45. The molecule has 1 fully saturated rings. The van der Waals surface area contributed by atoms with Crippen molar-refractivity contribution < 1.29 is 17.9 Å². The lowest BCUT2D eigenvalue weighted by Crippen LogP contribution is -2.38. The van der Waals surface area contributed by atoms with Gasteiger partial charge < -0.3 is 10.1 Å². The van der Waals surface area contributed by atoms with Crippen molar-refractivity contribution in [3.8, 4) is 0 Å². The standard InChI is InChI=1S/C18H18F3N7O2/c19-18(20,21)17-24-23-15-6-5-14(26-28(15)17)22-12-8-30-9-13(12)27-16(29)7-10-3-1-2-4-11(10)25-27/h5-7,12-13H,1-4,8-9H2,(H,22,26). The lowest BCUT2D eigenvalue weighted by atomic mass is 9.97. The molecule has 5 rings (SSSR count). The first kappa shape index (κ1) is 19.0. The molecule has 9 nitrogen and oxygen atoms in total. The Balaban J connectivity index is 1.44. The number of halogens is 3.